The Hall–Kier alpha value is -0.530. The van der Waals surface area contributed by atoms with Gasteiger partial charge in [-0.1, -0.05) is 38.4 Å². The first-order valence-corrected chi connectivity index (χ1v) is 6.03. The molecular formula is C14H21ClO. The SMILES string of the molecule is Cc1cc(Cl)c(C(O)CC(C)(C)C)cc1C. The van der Waals surface area contributed by atoms with Crippen LogP contribution in [0.3, 0.4) is 0 Å². The average Bonchev–Trinajstić information content (AvgIpc) is 2.08. The van der Waals surface area contributed by atoms with Gasteiger partial charge in [0, 0.05) is 5.02 Å². The predicted octanol–water partition coefficient (Wildman–Crippen LogP) is 4.43. The summed E-state index contributed by atoms with van der Waals surface area (Å²) in [5.41, 5.74) is 3.28. The molecule has 0 heterocycles. The molecule has 0 amide bonds. The second-order valence-electron chi connectivity index (χ2n) is 5.74. The monoisotopic (exact) mass is 240 g/mol. The molecular weight excluding hydrogens is 220 g/mol. The molecule has 1 N–H and O–H groups in total. The standard InChI is InChI=1S/C14H21ClO/c1-9-6-11(12(15)7-10(9)2)13(16)8-14(3,4)5/h6-7,13,16H,8H2,1-5H3. The molecule has 1 nitrogen and oxygen atoms in total. The highest BCUT2D eigenvalue weighted by molar-refractivity contribution is 6.31. The molecule has 1 rings (SSSR count). The molecule has 0 aliphatic heterocycles. The number of hydrogen-bond acceptors (Lipinski definition) is 1. The van der Waals surface area contributed by atoms with Gasteiger partial charge in [-0.3, -0.25) is 0 Å². The van der Waals surface area contributed by atoms with E-state index in [1.807, 2.05) is 26.0 Å². The molecule has 0 saturated heterocycles. The van der Waals surface area contributed by atoms with Crippen molar-refractivity contribution in [1.29, 1.82) is 0 Å². The topological polar surface area (TPSA) is 20.2 Å². The summed E-state index contributed by atoms with van der Waals surface area (Å²) in [6, 6.07) is 3.92. The van der Waals surface area contributed by atoms with Crippen molar-refractivity contribution in [2.45, 2.75) is 47.1 Å². The molecule has 1 aromatic carbocycles. The van der Waals surface area contributed by atoms with E-state index in [4.69, 9.17) is 11.6 Å². The lowest BCUT2D eigenvalue weighted by atomic mass is 9.86. The lowest BCUT2D eigenvalue weighted by Crippen LogP contribution is -2.12. The van der Waals surface area contributed by atoms with Gasteiger partial charge in [0.2, 0.25) is 0 Å². The van der Waals surface area contributed by atoms with Crippen LogP contribution in [0.5, 0.6) is 0 Å². The van der Waals surface area contributed by atoms with Crippen LogP contribution in [-0.2, 0) is 0 Å². The Labute approximate surface area is 103 Å². The Bertz CT molecular complexity index is 377. The molecule has 0 aliphatic carbocycles. The van der Waals surface area contributed by atoms with Gasteiger partial charge in [0.25, 0.3) is 0 Å². The molecule has 2 heteroatoms. The first kappa shape index (κ1) is 13.5. The number of halogens is 1. The van der Waals surface area contributed by atoms with E-state index in [0.29, 0.717) is 5.02 Å². The third-order valence-electron chi connectivity index (χ3n) is 2.78. The zero-order valence-electron chi connectivity index (χ0n) is 10.8. The fourth-order valence-electron chi connectivity index (χ4n) is 1.75. The van der Waals surface area contributed by atoms with Gasteiger partial charge in [-0.2, -0.15) is 0 Å². The zero-order valence-corrected chi connectivity index (χ0v) is 11.5. The zero-order chi connectivity index (χ0) is 12.5. The molecule has 16 heavy (non-hydrogen) atoms. The summed E-state index contributed by atoms with van der Waals surface area (Å²) in [6.45, 7) is 10.4. The van der Waals surface area contributed by atoms with Crippen LogP contribution in [0.4, 0.5) is 0 Å². The predicted molar refractivity (Wildman–Crippen MR) is 70.0 cm³/mol. The van der Waals surface area contributed by atoms with Gasteiger partial charge in [0.05, 0.1) is 6.10 Å². The lowest BCUT2D eigenvalue weighted by molar-refractivity contribution is 0.122. The Morgan fingerprint density at radius 3 is 2.19 bits per heavy atom. The summed E-state index contributed by atoms with van der Waals surface area (Å²) in [5, 5.41) is 10.8. The fraction of sp³-hybridized carbons (Fsp3) is 0.571. The van der Waals surface area contributed by atoms with Crippen molar-refractivity contribution in [3.8, 4) is 0 Å². The van der Waals surface area contributed by atoms with E-state index in [-0.39, 0.29) is 5.41 Å². The smallest absolute Gasteiger partial charge is 0.0809 e. The van der Waals surface area contributed by atoms with Gasteiger partial charge in [0.15, 0.2) is 0 Å². The molecule has 1 unspecified atom stereocenters. The summed E-state index contributed by atoms with van der Waals surface area (Å²) >= 11 is 6.17. The van der Waals surface area contributed by atoms with Crippen molar-refractivity contribution in [3.63, 3.8) is 0 Å². The number of aliphatic hydroxyl groups excluding tert-OH is 1. The molecule has 0 aliphatic rings. The Morgan fingerprint density at radius 2 is 1.69 bits per heavy atom. The summed E-state index contributed by atoms with van der Waals surface area (Å²) in [4.78, 5) is 0. The van der Waals surface area contributed by atoms with Crippen LogP contribution in [0.1, 0.15) is 50.0 Å². The van der Waals surface area contributed by atoms with E-state index >= 15 is 0 Å². The first-order valence-electron chi connectivity index (χ1n) is 5.65. The molecule has 90 valence electrons. The van der Waals surface area contributed by atoms with Gasteiger partial charge >= 0.3 is 0 Å². The van der Waals surface area contributed by atoms with Crippen molar-refractivity contribution >= 4 is 11.6 Å². The number of aryl methyl sites for hydroxylation is 2. The number of benzene rings is 1. The molecule has 0 spiro atoms. The second-order valence-corrected chi connectivity index (χ2v) is 6.15. The summed E-state index contributed by atoms with van der Waals surface area (Å²) < 4.78 is 0. The minimum atomic E-state index is -0.480. The molecule has 0 fully saturated rings. The van der Waals surface area contributed by atoms with Crippen LogP contribution in [0.25, 0.3) is 0 Å². The van der Waals surface area contributed by atoms with E-state index < -0.39 is 6.10 Å². The van der Waals surface area contributed by atoms with Crippen molar-refractivity contribution in [3.05, 3.63) is 33.8 Å². The van der Waals surface area contributed by atoms with Crippen molar-refractivity contribution in [2.75, 3.05) is 0 Å². The van der Waals surface area contributed by atoms with E-state index in [2.05, 4.69) is 20.8 Å². The van der Waals surface area contributed by atoms with Crippen molar-refractivity contribution < 1.29 is 5.11 Å². The Balaban J connectivity index is 3.00. The van der Waals surface area contributed by atoms with E-state index in [0.717, 1.165) is 17.5 Å². The van der Waals surface area contributed by atoms with Crippen LogP contribution >= 0.6 is 11.6 Å². The van der Waals surface area contributed by atoms with Gasteiger partial charge in [-0.25, -0.2) is 0 Å². The van der Waals surface area contributed by atoms with Crippen LogP contribution in [0.2, 0.25) is 5.02 Å². The fourth-order valence-corrected chi connectivity index (χ4v) is 2.09. The molecule has 0 radical (unpaired) electrons. The Kier molecular flexibility index (Phi) is 4.03. The van der Waals surface area contributed by atoms with Crippen LogP contribution in [0.15, 0.2) is 12.1 Å². The minimum Gasteiger partial charge on any atom is -0.388 e. The molecule has 0 bridgehead atoms. The number of aliphatic hydroxyl groups is 1. The second kappa shape index (κ2) is 4.77. The maximum absolute atomic E-state index is 10.2. The Morgan fingerprint density at radius 1 is 1.19 bits per heavy atom. The maximum Gasteiger partial charge on any atom is 0.0809 e. The molecule has 1 atom stereocenters. The van der Waals surface area contributed by atoms with Crippen LogP contribution in [0, 0.1) is 19.3 Å². The van der Waals surface area contributed by atoms with E-state index in [1.54, 1.807) is 0 Å². The highest BCUT2D eigenvalue weighted by Gasteiger charge is 2.20. The molecule has 0 aromatic heterocycles. The summed E-state index contributed by atoms with van der Waals surface area (Å²) in [6.07, 6.45) is 0.238. The summed E-state index contributed by atoms with van der Waals surface area (Å²) in [5.74, 6) is 0. The lowest BCUT2D eigenvalue weighted by Gasteiger charge is -2.23. The van der Waals surface area contributed by atoms with Gasteiger partial charge in [-0.15, -0.1) is 0 Å². The quantitative estimate of drug-likeness (QED) is 0.811. The van der Waals surface area contributed by atoms with E-state index in [9.17, 15) is 5.11 Å². The third kappa shape index (κ3) is 3.50. The van der Waals surface area contributed by atoms with Crippen molar-refractivity contribution in [2.24, 2.45) is 5.41 Å². The molecule has 0 saturated carbocycles. The third-order valence-corrected chi connectivity index (χ3v) is 3.11. The van der Waals surface area contributed by atoms with Crippen LogP contribution in [-0.4, -0.2) is 5.11 Å². The highest BCUT2D eigenvalue weighted by atomic mass is 35.5. The summed E-state index contributed by atoms with van der Waals surface area (Å²) in [7, 11) is 0. The van der Waals surface area contributed by atoms with Crippen LogP contribution < -0.4 is 0 Å². The highest BCUT2D eigenvalue weighted by Crippen LogP contribution is 2.33. The number of hydrogen-bond donors (Lipinski definition) is 1. The largest absolute Gasteiger partial charge is 0.388 e. The first-order chi connectivity index (χ1) is 7.20. The molecule has 1 aromatic rings. The van der Waals surface area contributed by atoms with Gasteiger partial charge in [0.1, 0.15) is 0 Å². The van der Waals surface area contributed by atoms with E-state index in [1.165, 1.54) is 5.56 Å². The number of rotatable bonds is 2. The normalized spacial score (nSPS) is 13.9. The van der Waals surface area contributed by atoms with Crippen molar-refractivity contribution in [1.82, 2.24) is 0 Å². The van der Waals surface area contributed by atoms with Gasteiger partial charge in [-0.05, 0) is 48.4 Å². The van der Waals surface area contributed by atoms with Gasteiger partial charge < -0.3 is 5.11 Å². The average molecular weight is 241 g/mol. The maximum atomic E-state index is 10.2. The minimum absolute atomic E-state index is 0.0987.